The molecule has 51 heavy (non-hydrogen) atoms. The van der Waals surface area contributed by atoms with Crippen LogP contribution in [-0.4, -0.2) is 102 Å². The first-order chi connectivity index (χ1) is 23.5. The number of rotatable bonds is 17. The average molecular weight is 719 g/mol. The van der Waals surface area contributed by atoms with Gasteiger partial charge in [0.1, 0.15) is 36.4 Å². The Morgan fingerprint density at radius 3 is 1.73 bits per heavy atom. The Hall–Kier alpha value is -5.02. The Bertz CT molecular complexity index is 1410. The predicted molar refractivity (Wildman–Crippen MR) is 186 cm³/mol. The molecule has 0 heterocycles. The molecule has 284 valence electrons. The number of nitrogens with zero attached hydrogens (tertiary/aromatic N) is 1. The molecule has 0 saturated heterocycles. The number of carbonyl (C=O) groups is 8. The van der Waals surface area contributed by atoms with E-state index in [0.717, 1.165) is 5.56 Å². The average Bonchev–Trinajstić information content (AvgIpc) is 3.02. The highest BCUT2D eigenvalue weighted by atomic mass is 16.6. The van der Waals surface area contributed by atoms with Crippen molar-refractivity contribution in [1.29, 1.82) is 0 Å². The van der Waals surface area contributed by atoms with Crippen LogP contribution in [0, 0.1) is 11.8 Å². The third kappa shape index (κ3) is 15.6. The first-order valence-electron chi connectivity index (χ1n) is 16.7. The topological polar surface area (TPSA) is 218 Å². The lowest BCUT2D eigenvalue weighted by molar-refractivity contribution is -0.149. The van der Waals surface area contributed by atoms with Gasteiger partial charge in [-0.3, -0.25) is 28.8 Å². The van der Waals surface area contributed by atoms with Crippen LogP contribution < -0.4 is 26.6 Å². The van der Waals surface area contributed by atoms with E-state index in [9.17, 15) is 38.4 Å². The first kappa shape index (κ1) is 44.0. The van der Waals surface area contributed by atoms with Gasteiger partial charge in [0, 0.05) is 14.1 Å². The van der Waals surface area contributed by atoms with Crippen molar-refractivity contribution in [2.45, 2.75) is 111 Å². The maximum atomic E-state index is 13.5. The molecule has 16 heteroatoms. The second-order valence-electron chi connectivity index (χ2n) is 14.0. The lowest BCUT2D eigenvalue weighted by Gasteiger charge is -2.29. The molecule has 5 atom stereocenters. The minimum absolute atomic E-state index is 0.0400. The predicted octanol–water partition coefficient (Wildman–Crippen LogP) is 0.962. The summed E-state index contributed by atoms with van der Waals surface area (Å²) in [6.07, 6.45) is -1.34. The molecule has 0 fully saturated rings. The van der Waals surface area contributed by atoms with Crippen molar-refractivity contribution in [3.05, 3.63) is 35.9 Å². The van der Waals surface area contributed by atoms with Gasteiger partial charge >= 0.3 is 12.1 Å². The summed E-state index contributed by atoms with van der Waals surface area (Å²) in [4.78, 5) is 104. The van der Waals surface area contributed by atoms with Crippen molar-refractivity contribution in [2.75, 3.05) is 14.1 Å². The van der Waals surface area contributed by atoms with Crippen LogP contribution in [0.5, 0.6) is 0 Å². The lowest BCUT2D eigenvalue weighted by Crippen LogP contribution is -2.60. The van der Waals surface area contributed by atoms with Crippen molar-refractivity contribution in [1.82, 2.24) is 31.5 Å². The summed E-state index contributed by atoms with van der Waals surface area (Å²) in [6.45, 7) is 14.2. The van der Waals surface area contributed by atoms with E-state index in [1.54, 1.807) is 78.8 Å². The second-order valence-corrected chi connectivity index (χ2v) is 14.0. The molecule has 0 saturated carbocycles. The van der Waals surface area contributed by atoms with Crippen LogP contribution in [0.2, 0.25) is 0 Å². The summed E-state index contributed by atoms with van der Waals surface area (Å²) in [5.41, 5.74) is -0.0913. The fourth-order valence-electron chi connectivity index (χ4n) is 4.33. The summed E-state index contributed by atoms with van der Waals surface area (Å²) in [5.74, 6) is -6.95. The van der Waals surface area contributed by atoms with E-state index >= 15 is 0 Å². The monoisotopic (exact) mass is 718 g/mol. The van der Waals surface area contributed by atoms with Crippen LogP contribution in [0.4, 0.5) is 4.79 Å². The summed E-state index contributed by atoms with van der Waals surface area (Å²) in [7, 11) is 2.89. The van der Waals surface area contributed by atoms with Gasteiger partial charge in [-0.25, -0.2) is 9.59 Å². The van der Waals surface area contributed by atoms with Gasteiger partial charge in [-0.1, -0.05) is 58.0 Å². The molecule has 0 bridgehead atoms. The van der Waals surface area contributed by atoms with Crippen molar-refractivity contribution in [3.8, 4) is 0 Å². The number of ether oxygens (including phenoxy) is 2. The molecule has 0 radical (unpaired) electrons. The summed E-state index contributed by atoms with van der Waals surface area (Å²) in [6, 6.07) is 2.43. The minimum Gasteiger partial charge on any atom is -0.459 e. The van der Waals surface area contributed by atoms with Crippen LogP contribution in [-0.2, 0) is 49.6 Å². The summed E-state index contributed by atoms with van der Waals surface area (Å²) >= 11 is 0. The van der Waals surface area contributed by atoms with Gasteiger partial charge in [0.15, 0.2) is 0 Å². The normalized spacial score (nSPS) is 14.1. The smallest absolute Gasteiger partial charge is 0.408 e. The van der Waals surface area contributed by atoms with E-state index in [1.807, 2.05) is 0 Å². The van der Waals surface area contributed by atoms with Crippen LogP contribution in [0.25, 0.3) is 0 Å². The molecular formula is C35H54N6O10. The lowest BCUT2D eigenvalue weighted by atomic mass is 9.99. The number of esters is 1. The number of amides is 6. The maximum absolute atomic E-state index is 13.5. The van der Waals surface area contributed by atoms with Gasteiger partial charge in [0.2, 0.25) is 29.4 Å². The number of benzene rings is 1. The number of Topliss-reactive ketones (excluding diaryl/α,β-unsaturated/α-hetero) is 1. The van der Waals surface area contributed by atoms with E-state index in [1.165, 1.54) is 32.8 Å². The van der Waals surface area contributed by atoms with E-state index in [4.69, 9.17) is 9.47 Å². The SMILES string of the molecule is CC(NC(=O)[C@H](CC(=O)N(C)C)NC(=O)[C@@H](NC(=O)[C@@H](NC(=O)OC(C)(C)C)C(C)C)C(C)C)C(=O)C(=O)N[C@H](C)C(=O)OCc1ccccc1. The molecule has 1 aromatic rings. The first-order valence-corrected chi connectivity index (χ1v) is 16.7. The Kier molecular flexibility index (Phi) is 17.2. The van der Waals surface area contributed by atoms with E-state index in [2.05, 4.69) is 26.6 Å². The quantitative estimate of drug-likeness (QED) is 0.114. The number of alkyl carbamates (subject to hydrolysis) is 1. The van der Waals surface area contributed by atoms with E-state index in [0.29, 0.717) is 0 Å². The van der Waals surface area contributed by atoms with Crippen LogP contribution >= 0.6 is 0 Å². The van der Waals surface area contributed by atoms with Crippen molar-refractivity contribution < 1.29 is 47.8 Å². The Morgan fingerprint density at radius 1 is 0.686 bits per heavy atom. The van der Waals surface area contributed by atoms with Crippen molar-refractivity contribution >= 4 is 47.4 Å². The van der Waals surface area contributed by atoms with Gasteiger partial charge in [0.25, 0.3) is 5.91 Å². The largest absolute Gasteiger partial charge is 0.459 e. The zero-order chi connectivity index (χ0) is 39.2. The number of hydrogen-bond donors (Lipinski definition) is 5. The Morgan fingerprint density at radius 2 is 1.22 bits per heavy atom. The highest BCUT2D eigenvalue weighted by molar-refractivity contribution is 6.38. The molecule has 0 aromatic heterocycles. The summed E-state index contributed by atoms with van der Waals surface area (Å²) < 4.78 is 10.4. The number of carbonyl (C=O) groups excluding carboxylic acids is 8. The molecule has 1 unspecified atom stereocenters. The molecule has 1 aromatic carbocycles. The Balaban J connectivity index is 3.02. The highest BCUT2D eigenvalue weighted by Crippen LogP contribution is 2.11. The molecule has 5 N–H and O–H groups in total. The van der Waals surface area contributed by atoms with E-state index in [-0.39, 0.29) is 6.61 Å². The van der Waals surface area contributed by atoms with Crippen molar-refractivity contribution in [2.24, 2.45) is 11.8 Å². The van der Waals surface area contributed by atoms with Gasteiger partial charge in [0.05, 0.1) is 12.5 Å². The van der Waals surface area contributed by atoms with Crippen LogP contribution in [0.15, 0.2) is 30.3 Å². The molecule has 0 aliphatic heterocycles. The fraction of sp³-hybridized carbons (Fsp3) is 0.600. The highest BCUT2D eigenvalue weighted by Gasteiger charge is 2.35. The second kappa shape index (κ2) is 20.0. The summed E-state index contributed by atoms with van der Waals surface area (Å²) in [5, 5.41) is 12.2. The molecule has 16 nitrogen and oxygen atoms in total. The molecule has 0 spiro atoms. The molecule has 0 aliphatic rings. The number of hydrogen-bond acceptors (Lipinski definition) is 10. The van der Waals surface area contributed by atoms with Crippen molar-refractivity contribution in [3.63, 3.8) is 0 Å². The van der Waals surface area contributed by atoms with Crippen LogP contribution in [0.3, 0.4) is 0 Å². The zero-order valence-electron chi connectivity index (χ0n) is 31.4. The van der Waals surface area contributed by atoms with Gasteiger partial charge in [-0.15, -0.1) is 0 Å². The Labute approximate surface area is 299 Å². The standard InChI is InChI=1S/C35H54N6O10/c1-19(2)26(39-31(46)27(20(3)4)40-34(49)51-35(7,8)9)30(45)38-24(17-25(42)41(10)11)29(44)36-21(5)28(43)32(47)37-22(6)33(48)50-18-23-15-13-12-14-16-23/h12-16,19-22,24,26-27H,17-18H2,1-11H3,(H,36,44)(H,37,47)(H,38,45)(H,39,46)(H,40,49)/t21?,22-,24+,26+,27+/m1/s1. The molecular weight excluding hydrogens is 664 g/mol. The molecule has 6 amide bonds. The van der Waals surface area contributed by atoms with Crippen LogP contribution in [0.1, 0.15) is 74.3 Å². The third-order valence-corrected chi connectivity index (χ3v) is 7.28. The maximum Gasteiger partial charge on any atom is 0.408 e. The number of ketones is 1. The van der Waals surface area contributed by atoms with Gasteiger partial charge in [-0.2, -0.15) is 0 Å². The molecule has 0 aliphatic carbocycles. The minimum atomic E-state index is -1.52. The zero-order valence-corrected chi connectivity index (χ0v) is 31.4. The number of nitrogens with one attached hydrogen (secondary N) is 5. The van der Waals surface area contributed by atoms with Gasteiger partial charge < -0.3 is 41.0 Å². The third-order valence-electron chi connectivity index (χ3n) is 7.28. The molecule has 1 rings (SSSR count). The van der Waals surface area contributed by atoms with E-state index < -0.39 is 101 Å². The van der Waals surface area contributed by atoms with Gasteiger partial charge in [-0.05, 0) is 52.0 Å². The fourth-order valence-corrected chi connectivity index (χ4v) is 4.33.